The van der Waals surface area contributed by atoms with Gasteiger partial charge in [0.05, 0.1) is 6.10 Å². The number of unbranched alkanes of at least 4 members (excludes halogenated alkanes) is 2. The smallest absolute Gasteiger partial charge is 0.0580 e. The molecule has 2 nitrogen and oxygen atoms in total. The molecule has 1 saturated carbocycles. The Labute approximate surface area is 101 Å². The molecule has 0 aromatic rings. The fourth-order valence-corrected chi connectivity index (χ4v) is 2.80. The van der Waals surface area contributed by atoms with Crippen molar-refractivity contribution < 1.29 is 5.11 Å². The molecule has 0 spiro atoms. The number of rotatable bonds is 6. The molecule has 1 fully saturated rings. The van der Waals surface area contributed by atoms with Gasteiger partial charge in [0.15, 0.2) is 0 Å². The lowest BCUT2D eigenvalue weighted by Crippen LogP contribution is -2.37. The van der Waals surface area contributed by atoms with Gasteiger partial charge in [0.2, 0.25) is 0 Å². The summed E-state index contributed by atoms with van der Waals surface area (Å²) in [5.41, 5.74) is 0. The first kappa shape index (κ1) is 14.0. The number of nitrogens with zero attached hydrogens (tertiary/aromatic N) is 1. The summed E-state index contributed by atoms with van der Waals surface area (Å²) in [7, 11) is 2.20. The lowest BCUT2D eigenvalue weighted by atomic mass is 9.80. The maximum atomic E-state index is 9.98. The van der Waals surface area contributed by atoms with Gasteiger partial charge in [0.25, 0.3) is 0 Å². The summed E-state index contributed by atoms with van der Waals surface area (Å²) in [6.07, 6.45) is 7.28. The van der Waals surface area contributed by atoms with Crippen LogP contribution in [0.3, 0.4) is 0 Å². The Kier molecular flexibility index (Phi) is 6.37. The molecule has 1 N–H and O–H groups in total. The normalized spacial score (nSPS) is 30.9. The van der Waals surface area contributed by atoms with Gasteiger partial charge in [0, 0.05) is 6.54 Å². The highest BCUT2D eigenvalue weighted by molar-refractivity contribution is 4.79. The van der Waals surface area contributed by atoms with Crippen molar-refractivity contribution in [2.24, 2.45) is 11.8 Å². The first-order valence-corrected chi connectivity index (χ1v) is 7.00. The molecule has 3 atom stereocenters. The van der Waals surface area contributed by atoms with E-state index in [1.807, 2.05) is 0 Å². The van der Waals surface area contributed by atoms with Crippen molar-refractivity contribution in [2.75, 3.05) is 20.1 Å². The van der Waals surface area contributed by atoms with Gasteiger partial charge < -0.3 is 10.0 Å². The minimum Gasteiger partial charge on any atom is -0.393 e. The predicted octanol–water partition coefficient (Wildman–Crippen LogP) is 2.91. The van der Waals surface area contributed by atoms with E-state index in [-0.39, 0.29) is 6.10 Å². The fourth-order valence-electron chi connectivity index (χ4n) is 2.80. The molecular weight excluding hydrogens is 198 g/mol. The summed E-state index contributed by atoms with van der Waals surface area (Å²) < 4.78 is 0. The van der Waals surface area contributed by atoms with Gasteiger partial charge in [-0.25, -0.2) is 0 Å². The van der Waals surface area contributed by atoms with Crippen molar-refractivity contribution in [2.45, 2.75) is 58.5 Å². The molecule has 0 radical (unpaired) electrons. The van der Waals surface area contributed by atoms with Gasteiger partial charge in [-0.3, -0.25) is 0 Å². The van der Waals surface area contributed by atoms with Crippen molar-refractivity contribution in [3.63, 3.8) is 0 Å². The summed E-state index contributed by atoms with van der Waals surface area (Å²) in [6.45, 7) is 6.82. The molecule has 0 aromatic carbocycles. The van der Waals surface area contributed by atoms with Crippen molar-refractivity contribution in [3.8, 4) is 0 Å². The molecule has 1 rings (SSSR count). The minimum atomic E-state index is -0.0511. The topological polar surface area (TPSA) is 23.5 Å². The second-order valence-corrected chi connectivity index (χ2v) is 5.72. The van der Waals surface area contributed by atoms with Crippen LogP contribution in [0.15, 0.2) is 0 Å². The van der Waals surface area contributed by atoms with Crippen molar-refractivity contribution in [3.05, 3.63) is 0 Å². The van der Waals surface area contributed by atoms with Crippen molar-refractivity contribution >= 4 is 0 Å². The van der Waals surface area contributed by atoms with Gasteiger partial charge in [-0.05, 0) is 51.1 Å². The van der Waals surface area contributed by atoms with E-state index < -0.39 is 0 Å². The number of aliphatic hydroxyl groups is 1. The monoisotopic (exact) mass is 227 g/mol. The van der Waals surface area contributed by atoms with Gasteiger partial charge in [-0.2, -0.15) is 0 Å². The summed E-state index contributed by atoms with van der Waals surface area (Å²) in [5.74, 6) is 1.31. The third-order valence-corrected chi connectivity index (χ3v) is 3.89. The highest BCUT2D eigenvalue weighted by Gasteiger charge is 2.27. The SMILES string of the molecule is CCCCCN(C)CC1CC(C)CCC1O. The Balaban J connectivity index is 2.23. The molecule has 0 heterocycles. The van der Waals surface area contributed by atoms with Gasteiger partial charge in [-0.15, -0.1) is 0 Å². The fraction of sp³-hybridized carbons (Fsp3) is 1.00. The Morgan fingerprint density at radius 1 is 1.25 bits per heavy atom. The van der Waals surface area contributed by atoms with Crippen LogP contribution in [-0.4, -0.2) is 36.2 Å². The van der Waals surface area contributed by atoms with E-state index in [0.29, 0.717) is 5.92 Å². The zero-order valence-corrected chi connectivity index (χ0v) is 11.3. The Morgan fingerprint density at radius 2 is 2.00 bits per heavy atom. The van der Waals surface area contributed by atoms with E-state index in [4.69, 9.17) is 0 Å². The molecule has 2 heteroatoms. The molecule has 0 bridgehead atoms. The Bertz CT molecular complexity index is 184. The second-order valence-electron chi connectivity index (χ2n) is 5.72. The van der Waals surface area contributed by atoms with Gasteiger partial charge in [0.1, 0.15) is 0 Å². The number of hydrogen-bond acceptors (Lipinski definition) is 2. The summed E-state index contributed by atoms with van der Waals surface area (Å²) >= 11 is 0. The molecular formula is C14H29NO. The average molecular weight is 227 g/mol. The van der Waals surface area contributed by atoms with Gasteiger partial charge in [-0.1, -0.05) is 26.7 Å². The molecule has 0 saturated heterocycles. The van der Waals surface area contributed by atoms with Crippen LogP contribution in [0.25, 0.3) is 0 Å². The summed E-state index contributed by atoms with van der Waals surface area (Å²) in [6, 6.07) is 0. The molecule has 96 valence electrons. The Morgan fingerprint density at radius 3 is 2.69 bits per heavy atom. The van der Waals surface area contributed by atoms with E-state index in [1.54, 1.807) is 0 Å². The highest BCUT2D eigenvalue weighted by atomic mass is 16.3. The van der Waals surface area contributed by atoms with E-state index >= 15 is 0 Å². The first-order chi connectivity index (χ1) is 7.63. The standard InChI is InChI=1S/C14H29NO/c1-4-5-6-9-15(3)11-13-10-12(2)7-8-14(13)16/h12-14,16H,4-11H2,1-3H3. The number of hydrogen-bond donors (Lipinski definition) is 1. The molecule has 3 unspecified atom stereocenters. The molecule has 0 aliphatic heterocycles. The molecule has 0 amide bonds. The lowest BCUT2D eigenvalue weighted by Gasteiger charge is -2.34. The average Bonchev–Trinajstić information content (AvgIpc) is 2.24. The quantitative estimate of drug-likeness (QED) is 0.705. The highest BCUT2D eigenvalue weighted by Crippen LogP contribution is 2.29. The lowest BCUT2D eigenvalue weighted by molar-refractivity contribution is 0.0347. The van der Waals surface area contributed by atoms with Crippen LogP contribution in [0.2, 0.25) is 0 Å². The molecule has 1 aliphatic carbocycles. The zero-order chi connectivity index (χ0) is 12.0. The van der Waals surface area contributed by atoms with E-state index in [2.05, 4.69) is 25.8 Å². The zero-order valence-electron chi connectivity index (χ0n) is 11.3. The molecule has 16 heavy (non-hydrogen) atoms. The van der Waals surface area contributed by atoms with Crippen molar-refractivity contribution in [1.29, 1.82) is 0 Å². The maximum Gasteiger partial charge on any atom is 0.0580 e. The van der Waals surface area contributed by atoms with Crippen molar-refractivity contribution in [1.82, 2.24) is 4.90 Å². The van der Waals surface area contributed by atoms with E-state index in [9.17, 15) is 5.11 Å². The largest absolute Gasteiger partial charge is 0.393 e. The second kappa shape index (κ2) is 7.29. The summed E-state index contributed by atoms with van der Waals surface area (Å²) in [5, 5.41) is 9.98. The van der Waals surface area contributed by atoms with E-state index in [0.717, 1.165) is 18.9 Å². The summed E-state index contributed by atoms with van der Waals surface area (Å²) in [4.78, 5) is 2.40. The van der Waals surface area contributed by atoms with E-state index in [1.165, 1.54) is 38.6 Å². The Hall–Kier alpha value is -0.0800. The molecule has 1 aliphatic rings. The van der Waals surface area contributed by atoms with Crippen LogP contribution in [0.5, 0.6) is 0 Å². The van der Waals surface area contributed by atoms with Crippen LogP contribution < -0.4 is 0 Å². The van der Waals surface area contributed by atoms with Crippen LogP contribution in [0, 0.1) is 11.8 Å². The van der Waals surface area contributed by atoms with Crippen LogP contribution in [0.1, 0.15) is 52.4 Å². The predicted molar refractivity (Wildman–Crippen MR) is 69.5 cm³/mol. The van der Waals surface area contributed by atoms with Crippen LogP contribution in [0.4, 0.5) is 0 Å². The minimum absolute atomic E-state index is 0.0511. The third kappa shape index (κ3) is 4.84. The van der Waals surface area contributed by atoms with Gasteiger partial charge >= 0.3 is 0 Å². The maximum absolute atomic E-state index is 9.98. The molecule has 0 aromatic heterocycles. The number of aliphatic hydroxyl groups excluding tert-OH is 1. The van der Waals surface area contributed by atoms with Crippen LogP contribution >= 0.6 is 0 Å². The first-order valence-electron chi connectivity index (χ1n) is 7.00. The van der Waals surface area contributed by atoms with Crippen LogP contribution in [-0.2, 0) is 0 Å². The third-order valence-electron chi connectivity index (χ3n) is 3.89.